The van der Waals surface area contributed by atoms with Crippen LogP contribution >= 0.6 is 11.3 Å². The Morgan fingerprint density at radius 2 is 2.09 bits per heavy atom. The Bertz CT molecular complexity index is 515. The topological polar surface area (TPSA) is 32.3 Å². The molecule has 0 spiro atoms. The number of aromatic nitrogens is 2. The SMILES string of the molecule is CC(C)c1nnc(CN2C[C@@H]3C[C@H](C2)[C@@H]2CCCCN2C3)s1. The second-order valence-corrected chi connectivity index (χ2v) is 8.90. The molecule has 0 aliphatic carbocycles. The molecule has 1 aromatic rings. The van der Waals surface area contributed by atoms with Crippen LogP contribution in [0.5, 0.6) is 0 Å². The molecular formula is C17H28N4S. The smallest absolute Gasteiger partial charge is 0.131 e. The van der Waals surface area contributed by atoms with Gasteiger partial charge in [0.25, 0.3) is 0 Å². The largest absolute Gasteiger partial charge is 0.300 e. The second-order valence-electron chi connectivity index (χ2n) is 7.80. The van der Waals surface area contributed by atoms with Crippen LogP contribution in [0.1, 0.15) is 55.5 Å². The van der Waals surface area contributed by atoms with Crippen LogP contribution in [0.2, 0.25) is 0 Å². The van der Waals surface area contributed by atoms with Crippen LogP contribution in [0.4, 0.5) is 0 Å². The highest BCUT2D eigenvalue weighted by Crippen LogP contribution is 2.37. The van der Waals surface area contributed by atoms with Gasteiger partial charge in [0.2, 0.25) is 0 Å². The van der Waals surface area contributed by atoms with Gasteiger partial charge in [0.05, 0.1) is 6.54 Å². The van der Waals surface area contributed by atoms with E-state index in [-0.39, 0.29) is 0 Å². The molecule has 3 aliphatic rings. The first kappa shape index (κ1) is 15.0. The van der Waals surface area contributed by atoms with E-state index in [1.54, 1.807) is 0 Å². The van der Waals surface area contributed by atoms with Crippen molar-refractivity contribution in [2.24, 2.45) is 11.8 Å². The molecule has 5 heteroatoms. The number of rotatable bonds is 3. The third-order valence-corrected chi connectivity index (χ3v) is 6.89. The van der Waals surface area contributed by atoms with Gasteiger partial charge in [0, 0.05) is 31.6 Å². The highest BCUT2D eigenvalue weighted by molar-refractivity contribution is 7.11. The van der Waals surface area contributed by atoms with Crippen LogP contribution in [0, 0.1) is 11.8 Å². The fourth-order valence-electron chi connectivity index (χ4n) is 4.75. The minimum atomic E-state index is 0.503. The summed E-state index contributed by atoms with van der Waals surface area (Å²) in [7, 11) is 0. The number of hydrogen-bond donors (Lipinski definition) is 0. The van der Waals surface area contributed by atoms with Crippen LogP contribution in [0.3, 0.4) is 0 Å². The van der Waals surface area contributed by atoms with Crippen LogP contribution < -0.4 is 0 Å². The Balaban J connectivity index is 1.42. The fourth-order valence-corrected chi connectivity index (χ4v) is 5.64. The lowest BCUT2D eigenvalue weighted by atomic mass is 9.76. The summed E-state index contributed by atoms with van der Waals surface area (Å²) in [5.41, 5.74) is 0. The van der Waals surface area contributed by atoms with E-state index in [0.717, 1.165) is 24.4 Å². The molecule has 122 valence electrons. The lowest BCUT2D eigenvalue weighted by Gasteiger charge is -2.52. The van der Waals surface area contributed by atoms with Crippen molar-refractivity contribution >= 4 is 11.3 Å². The second kappa shape index (κ2) is 6.17. The molecule has 4 heterocycles. The molecule has 0 amide bonds. The molecule has 0 unspecified atom stereocenters. The zero-order chi connectivity index (χ0) is 15.1. The predicted octanol–water partition coefficient (Wildman–Crippen LogP) is 2.97. The van der Waals surface area contributed by atoms with Gasteiger partial charge in [-0.2, -0.15) is 0 Å². The van der Waals surface area contributed by atoms with E-state index in [1.807, 2.05) is 11.3 Å². The van der Waals surface area contributed by atoms with E-state index >= 15 is 0 Å². The third-order valence-electron chi connectivity index (χ3n) is 5.68. The van der Waals surface area contributed by atoms with Gasteiger partial charge in [0.15, 0.2) is 0 Å². The highest BCUT2D eigenvalue weighted by Gasteiger charge is 2.41. The molecule has 0 aromatic carbocycles. The maximum Gasteiger partial charge on any atom is 0.131 e. The molecular weight excluding hydrogens is 292 g/mol. The van der Waals surface area contributed by atoms with Crippen molar-refractivity contribution in [1.82, 2.24) is 20.0 Å². The van der Waals surface area contributed by atoms with E-state index in [4.69, 9.17) is 0 Å². The van der Waals surface area contributed by atoms with Crippen LogP contribution in [-0.2, 0) is 6.54 Å². The summed E-state index contributed by atoms with van der Waals surface area (Å²) < 4.78 is 0. The Hall–Kier alpha value is -0.520. The van der Waals surface area contributed by atoms with E-state index in [1.165, 1.54) is 61.9 Å². The van der Waals surface area contributed by atoms with Crippen LogP contribution in [0.15, 0.2) is 0 Å². The highest BCUT2D eigenvalue weighted by atomic mass is 32.1. The van der Waals surface area contributed by atoms with Crippen molar-refractivity contribution in [2.45, 2.75) is 58.0 Å². The fraction of sp³-hybridized carbons (Fsp3) is 0.882. The van der Waals surface area contributed by atoms with Gasteiger partial charge in [0.1, 0.15) is 10.0 Å². The van der Waals surface area contributed by atoms with Crippen molar-refractivity contribution < 1.29 is 0 Å². The zero-order valence-electron chi connectivity index (χ0n) is 13.9. The minimum Gasteiger partial charge on any atom is -0.300 e. The summed E-state index contributed by atoms with van der Waals surface area (Å²) in [5.74, 6) is 2.28. The van der Waals surface area contributed by atoms with Gasteiger partial charge in [-0.05, 0) is 37.6 Å². The predicted molar refractivity (Wildman–Crippen MR) is 90.1 cm³/mol. The monoisotopic (exact) mass is 320 g/mol. The van der Waals surface area contributed by atoms with Gasteiger partial charge in [-0.15, -0.1) is 10.2 Å². The van der Waals surface area contributed by atoms with Gasteiger partial charge < -0.3 is 0 Å². The van der Waals surface area contributed by atoms with E-state index in [9.17, 15) is 0 Å². The van der Waals surface area contributed by atoms with Crippen molar-refractivity contribution in [3.8, 4) is 0 Å². The van der Waals surface area contributed by atoms with Crippen LogP contribution in [-0.4, -0.2) is 52.2 Å². The molecule has 4 nitrogen and oxygen atoms in total. The molecule has 1 aromatic heterocycles. The molecule has 22 heavy (non-hydrogen) atoms. The molecule has 0 N–H and O–H groups in total. The summed E-state index contributed by atoms with van der Waals surface area (Å²) in [6.07, 6.45) is 5.76. The standard InChI is InChI=1S/C17H28N4S/c1-12(2)17-19-18-16(22-17)11-20-8-13-7-14(10-20)15-5-3-4-6-21(15)9-13/h12-15H,3-11H2,1-2H3/t13-,14+,15-/m0/s1. The average Bonchev–Trinajstić information content (AvgIpc) is 2.96. The van der Waals surface area contributed by atoms with Crippen molar-refractivity contribution in [3.63, 3.8) is 0 Å². The lowest BCUT2D eigenvalue weighted by molar-refractivity contribution is -0.0325. The van der Waals surface area contributed by atoms with Crippen molar-refractivity contribution in [2.75, 3.05) is 26.2 Å². The summed E-state index contributed by atoms with van der Waals surface area (Å²) in [4.78, 5) is 5.47. The summed E-state index contributed by atoms with van der Waals surface area (Å²) in [5, 5.41) is 11.2. The molecule has 3 saturated heterocycles. The molecule has 2 bridgehead atoms. The zero-order valence-corrected chi connectivity index (χ0v) is 14.7. The van der Waals surface area contributed by atoms with Gasteiger partial charge in [-0.25, -0.2) is 0 Å². The minimum absolute atomic E-state index is 0.503. The maximum absolute atomic E-state index is 4.42. The average molecular weight is 321 g/mol. The Labute approximate surface area is 137 Å². The van der Waals surface area contributed by atoms with Crippen molar-refractivity contribution in [1.29, 1.82) is 0 Å². The van der Waals surface area contributed by atoms with E-state index in [2.05, 4.69) is 33.8 Å². The molecule has 0 radical (unpaired) electrons. The van der Waals surface area contributed by atoms with Gasteiger partial charge >= 0.3 is 0 Å². The Kier molecular flexibility index (Phi) is 4.22. The Morgan fingerprint density at radius 3 is 2.91 bits per heavy atom. The molecule has 3 aliphatic heterocycles. The number of hydrogen-bond acceptors (Lipinski definition) is 5. The van der Waals surface area contributed by atoms with Crippen LogP contribution in [0.25, 0.3) is 0 Å². The maximum atomic E-state index is 4.42. The summed E-state index contributed by atoms with van der Waals surface area (Å²) in [6, 6.07) is 0.869. The number of fused-ring (bicyclic) bond motifs is 4. The molecule has 0 saturated carbocycles. The normalized spacial score (nSPS) is 33.1. The summed E-state index contributed by atoms with van der Waals surface area (Å²) in [6.45, 7) is 10.6. The number of piperidine rings is 3. The van der Waals surface area contributed by atoms with Gasteiger partial charge in [-0.3, -0.25) is 9.80 Å². The number of likely N-dealkylation sites (tertiary alicyclic amines) is 1. The molecule has 4 rings (SSSR count). The molecule has 3 fully saturated rings. The first-order valence-corrected chi connectivity index (χ1v) is 9.79. The quantitative estimate of drug-likeness (QED) is 0.857. The lowest BCUT2D eigenvalue weighted by Crippen LogP contribution is -2.58. The third kappa shape index (κ3) is 2.95. The first-order valence-electron chi connectivity index (χ1n) is 8.97. The van der Waals surface area contributed by atoms with Gasteiger partial charge in [-0.1, -0.05) is 31.6 Å². The first-order chi connectivity index (χ1) is 10.7. The van der Waals surface area contributed by atoms with Crippen molar-refractivity contribution in [3.05, 3.63) is 10.0 Å². The Morgan fingerprint density at radius 1 is 1.18 bits per heavy atom. The van der Waals surface area contributed by atoms with E-state index in [0.29, 0.717) is 5.92 Å². The number of nitrogens with zero attached hydrogens (tertiary/aromatic N) is 4. The van der Waals surface area contributed by atoms with E-state index < -0.39 is 0 Å². The molecule has 3 atom stereocenters. The summed E-state index contributed by atoms with van der Waals surface area (Å²) >= 11 is 1.81.